The predicted octanol–water partition coefficient (Wildman–Crippen LogP) is 0.813. The van der Waals surface area contributed by atoms with Gasteiger partial charge in [-0.2, -0.15) is 0 Å². The third-order valence-corrected chi connectivity index (χ3v) is 4.48. The molecule has 1 aliphatic heterocycles. The molecule has 1 saturated heterocycles. The van der Waals surface area contributed by atoms with Crippen LogP contribution in [-0.4, -0.2) is 40.8 Å². The number of hydrogen-bond donors (Lipinski definition) is 1. The summed E-state index contributed by atoms with van der Waals surface area (Å²) in [6.07, 6.45) is 5.11. The minimum absolute atomic E-state index is 0.00746. The van der Waals surface area contributed by atoms with Gasteiger partial charge in [0.1, 0.15) is 0 Å². The van der Waals surface area contributed by atoms with Gasteiger partial charge in [-0.05, 0) is 12.8 Å². The fourth-order valence-electron chi connectivity index (χ4n) is 2.46. The third kappa shape index (κ3) is 2.94. The van der Waals surface area contributed by atoms with Crippen LogP contribution in [0.15, 0.2) is 11.6 Å². The molecule has 6 heteroatoms. The quantitative estimate of drug-likeness (QED) is 0.867. The van der Waals surface area contributed by atoms with Gasteiger partial charge in [0.25, 0.3) is 0 Å². The van der Waals surface area contributed by atoms with Crippen molar-refractivity contribution in [1.29, 1.82) is 0 Å². The topological polar surface area (TPSA) is 62.3 Å². The Bertz CT molecular complexity index is 470. The van der Waals surface area contributed by atoms with Gasteiger partial charge in [0, 0.05) is 43.5 Å². The number of thiazole rings is 1. The fraction of sp³-hybridized carbons (Fsp3) is 0.615. The van der Waals surface area contributed by atoms with Gasteiger partial charge in [-0.3, -0.25) is 9.59 Å². The summed E-state index contributed by atoms with van der Waals surface area (Å²) in [6.45, 7) is 1.20. The van der Waals surface area contributed by atoms with E-state index in [1.165, 1.54) is 0 Å². The van der Waals surface area contributed by atoms with Gasteiger partial charge in [-0.25, -0.2) is 4.98 Å². The molecule has 1 N–H and O–H groups in total. The van der Waals surface area contributed by atoms with E-state index in [0.29, 0.717) is 25.6 Å². The largest absolute Gasteiger partial charge is 0.355 e. The van der Waals surface area contributed by atoms with E-state index in [2.05, 4.69) is 10.3 Å². The monoisotopic (exact) mass is 279 g/mol. The summed E-state index contributed by atoms with van der Waals surface area (Å²) in [5.74, 6) is -0.0139. The predicted molar refractivity (Wildman–Crippen MR) is 71.7 cm³/mol. The molecule has 1 aromatic rings. The van der Waals surface area contributed by atoms with Crippen LogP contribution in [0.4, 0.5) is 0 Å². The Morgan fingerprint density at radius 1 is 1.53 bits per heavy atom. The van der Waals surface area contributed by atoms with E-state index < -0.39 is 0 Å². The minimum atomic E-state index is -0.163. The van der Waals surface area contributed by atoms with Crippen LogP contribution < -0.4 is 5.32 Å². The second kappa shape index (κ2) is 5.28. The maximum absolute atomic E-state index is 12.0. The minimum Gasteiger partial charge on any atom is -0.355 e. The van der Waals surface area contributed by atoms with E-state index in [0.717, 1.165) is 24.3 Å². The van der Waals surface area contributed by atoms with E-state index in [4.69, 9.17) is 0 Å². The number of hydrogen-bond acceptors (Lipinski definition) is 4. The van der Waals surface area contributed by atoms with Crippen molar-refractivity contribution in [2.45, 2.75) is 31.7 Å². The molecule has 0 bridgehead atoms. The number of rotatable bonds is 5. The number of likely N-dealkylation sites (tertiary alicyclic amines) is 1. The van der Waals surface area contributed by atoms with Gasteiger partial charge in [-0.1, -0.05) is 0 Å². The Kier molecular flexibility index (Phi) is 3.50. The van der Waals surface area contributed by atoms with Crippen molar-refractivity contribution in [1.82, 2.24) is 15.2 Å². The summed E-state index contributed by atoms with van der Waals surface area (Å²) >= 11 is 1.60. The van der Waals surface area contributed by atoms with Gasteiger partial charge in [-0.15, -0.1) is 11.3 Å². The molecule has 19 heavy (non-hydrogen) atoms. The highest BCUT2D eigenvalue weighted by molar-refractivity contribution is 7.09. The molecule has 1 saturated carbocycles. The summed E-state index contributed by atoms with van der Waals surface area (Å²) in [5, 5.41) is 5.87. The summed E-state index contributed by atoms with van der Waals surface area (Å²) in [4.78, 5) is 29.8. The van der Waals surface area contributed by atoms with E-state index in [9.17, 15) is 9.59 Å². The maximum Gasteiger partial charge on any atom is 0.225 e. The van der Waals surface area contributed by atoms with Gasteiger partial charge in [0.15, 0.2) is 0 Å². The highest BCUT2D eigenvalue weighted by atomic mass is 32.1. The summed E-state index contributed by atoms with van der Waals surface area (Å²) in [6, 6.07) is 0.417. The number of aromatic nitrogens is 1. The van der Waals surface area contributed by atoms with Gasteiger partial charge in [0.05, 0.1) is 10.9 Å². The van der Waals surface area contributed by atoms with E-state index in [-0.39, 0.29) is 17.7 Å². The Hall–Kier alpha value is -1.43. The molecule has 102 valence electrons. The number of carbonyl (C=O) groups is 2. The first kappa shape index (κ1) is 12.6. The van der Waals surface area contributed by atoms with Crippen molar-refractivity contribution in [3.05, 3.63) is 16.6 Å². The molecule has 2 heterocycles. The first-order chi connectivity index (χ1) is 9.24. The molecule has 0 radical (unpaired) electrons. The molecule has 2 aliphatic rings. The lowest BCUT2D eigenvalue weighted by Crippen LogP contribution is -2.34. The van der Waals surface area contributed by atoms with E-state index in [1.807, 2.05) is 10.3 Å². The molecule has 5 nitrogen and oxygen atoms in total. The van der Waals surface area contributed by atoms with Crippen LogP contribution in [0.25, 0.3) is 0 Å². The summed E-state index contributed by atoms with van der Waals surface area (Å²) in [7, 11) is 0. The Labute approximate surface area is 116 Å². The summed E-state index contributed by atoms with van der Waals surface area (Å²) < 4.78 is 0. The second-order valence-corrected chi connectivity index (χ2v) is 6.12. The zero-order valence-corrected chi connectivity index (χ0v) is 11.5. The fourth-order valence-corrected chi connectivity index (χ4v) is 3.08. The van der Waals surface area contributed by atoms with Crippen LogP contribution in [0, 0.1) is 5.92 Å². The van der Waals surface area contributed by atoms with Crippen LogP contribution in [0.3, 0.4) is 0 Å². The van der Waals surface area contributed by atoms with Crippen LogP contribution in [0.1, 0.15) is 24.3 Å². The van der Waals surface area contributed by atoms with Crippen LogP contribution >= 0.6 is 11.3 Å². The zero-order valence-electron chi connectivity index (χ0n) is 10.7. The lowest BCUT2D eigenvalue weighted by Gasteiger charge is -2.15. The lowest BCUT2D eigenvalue weighted by atomic mass is 10.1. The van der Waals surface area contributed by atoms with Crippen molar-refractivity contribution in [2.75, 3.05) is 13.1 Å². The molecular formula is C13H17N3O2S. The van der Waals surface area contributed by atoms with Crippen molar-refractivity contribution < 1.29 is 9.59 Å². The van der Waals surface area contributed by atoms with E-state index in [1.54, 1.807) is 17.5 Å². The first-order valence-corrected chi connectivity index (χ1v) is 7.57. The Morgan fingerprint density at radius 3 is 3.05 bits per heavy atom. The van der Waals surface area contributed by atoms with Crippen molar-refractivity contribution in [2.24, 2.45) is 5.92 Å². The highest BCUT2D eigenvalue weighted by Gasteiger charge is 2.41. The van der Waals surface area contributed by atoms with E-state index >= 15 is 0 Å². The zero-order chi connectivity index (χ0) is 13.2. The van der Waals surface area contributed by atoms with Crippen molar-refractivity contribution in [3.63, 3.8) is 0 Å². The summed E-state index contributed by atoms with van der Waals surface area (Å²) in [5.41, 5.74) is 0. The number of nitrogens with one attached hydrogen (secondary N) is 1. The SMILES string of the molecule is O=C(NCCc1nccs1)C1CC(=O)N(C2CC2)C1. The molecule has 1 atom stereocenters. The standard InChI is InChI=1S/C13H17N3O2S/c17-12-7-9(8-16(12)10-1-2-10)13(18)15-4-3-11-14-5-6-19-11/h5-6,9-10H,1-4,7-8H2,(H,15,18). The normalized spacial score (nSPS) is 22.8. The average molecular weight is 279 g/mol. The van der Waals surface area contributed by atoms with Crippen molar-refractivity contribution in [3.8, 4) is 0 Å². The Balaban J connectivity index is 1.44. The first-order valence-electron chi connectivity index (χ1n) is 6.69. The van der Waals surface area contributed by atoms with Crippen LogP contribution in [-0.2, 0) is 16.0 Å². The third-order valence-electron chi connectivity index (χ3n) is 3.64. The average Bonchev–Trinajstić information content (AvgIpc) is 2.96. The molecule has 3 rings (SSSR count). The molecule has 1 aromatic heterocycles. The molecule has 0 spiro atoms. The van der Waals surface area contributed by atoms with Gasteiger partial charge < -0.3 is 10.2 Å². The van der Waals surface area contributed by atoms with Crippen LogP contribution in [0.5, 0.6) is 0 Å². The van der Waals surface area contributed by atoms with Gasteiger partial charge in [0.2, 0.25) is 11.8 Å². The smallest absolute Gasteiger partial charge is 0.225 e. The number of carbonyl (C=O) groups excluding carboxylic acids is 2. The van der Waals surface area contributed by atoms with Crippen molar-refractivity contribution >= 4 is 23.2 Å². The Morgan fingerprint density at radius 2 is 2.37 bits per heavy atom. The number of nitrogens with zero attached hydrogens (tertiary/aromatic N) is 2. The molecule has 0 aromatic carbocycles. The number of amides is 2. The molecule has 1 unspecified atom stereocenters. The molecule has 1 aliphatic carbocycles. The van der Waals surface area contributed by atoms with Crippen LogP contribution in [0.2, 0.25) is 0 Å². The maximum atomic E-state index is 12.0. The molecule has 2 amide bonds. The highest BCUT2D eigenvalue weighted by Crippen LogP contribution is 2.32. The molecular weight excluding hydrogens is 262 g/mol. The van der Waals surface area contributed by atoms with Gasteiger partial charge >= 0.3 is 0 Å². The molecule has 2 fully saturated rings. The second-order valence-electron chi connectivity index (χ2n) is 5.15. The lowest BCUT2D eigenvalue weighted by molar-refractivity contribution is -0.129.